The number of hydrogen-bond acceptors (Lipinski definition) is 8. The number of rotatable bonds is 11. The second-order valence-corrected chi connectivity index (χ2v) is 6.61. The molecule has 1 aliphatic rings. The molecule has 0 aliphatic carbocycles. The maximum atomic E-state index is 12.7. The molecule has 0 spiro atoms. The lowest BCUT2D eigenvalue weighted by molar-refractivity contribution is -0.139. The van der Waals surface area contributed by atoms with Crippen molar-refractivity contribution in [3.8, 4) is 11.5 Å². The Labute approximate surface area is 163 Å². The molecular formula is C20H24O8. The van der Waals surface area contributed by atoms with E-state index >= 15 is 0 Å². The van der Waals surface area contributed by atoms with Crippen LogP contribution in [0.2, 0.25) is 0 Å². The molecule has 2 atom stereocenters. The number of benzene rings is 1. The Morgan fingerprint density at radius 3 is 1.86 bits per heavy atom. The number of fused-ring (bicyclic) bond motifs is 1. The molecule has 1 aromatic rings. The van der Waals surface area contributed by atoms with E-state index in [1.165, 1.54) is 28.1 Å². The topological polar surface area (TPSA) is 105 Å². The fourth-order valence-corrected chi connectivity index (χ4v) is 3.52. The highest BCUT2D eigenvalue weighted by Gasteiger charge is 2.43. The first-order valence-electron chi connectivity index (χ1n) is 8.75. The summed E-state index contributed by atoms with van der Waals surface area (Å²) in [5.41, 5.74) is 0.457. The lowest BCUT2D eigenvalue weighted by Crippen LogP contribution is -2.41. The maximum Gasteiger partial charge on any atom is 0.231 e. The van der Waals surface area contributed by atoms with Crippen molar-refractivity contribution in [2.45, 2.75) is 19.8 Å². The highest BCUT2D eigenvalue weighted by Crippen LogP contribution is 2.40. The van der Waals surface area contributed by atoms with E-state index in [0.717, 1.165) is 0 Å². The van der Waals surface area contributed by atoms with Crippen molar-refractivity contribution in [2.75, 3.05) is 34.2 Å². The summed E-state index contributed by atoms with van der Waals surface area (Å²) in [5.74, 6) is -4.45. The third-order valence-electron chi connectivity index (χ3n) is 4.64. The van der Waals surface area contributed by atoms with Gasteiger partial charge in [-0.05, 0) is 31.5 Å². The molecule has 152 valence electrons. The van der Waals surface area contributed by atoms with E-state index in [0.29, 0.717) is 17.1 Å². The Morgan fingerprint density at radius 1 is 0.893 bits per heavy atom. The Bertz CT molecular complexity index is 733. The predicted molar refractivity (Wildman–Crippen MR) is 97.4 cm³/mol. The van der Waals surface area contributed by atoms with Gasteiger partial charge in [-0.25, -0.2) is 0 Å². The maximum absolute atomic E-state index is 12.7. The lowest BCUT2D eigenvalue weighted by atomic mass is 9.70. The first-order valence-corrected chi connectivity index (χ1v) is 8.75. The van der Waals surface area contributed by atoms with Crippen molar-refractivity contribution in [1.29, 1.82) is 0 Å². The van der Waals surface area contributed by atoms with Gasteiger partial charge in [-0.3, -0.25) is 19.2 Å². The van der Waals surface area contributed by atoms with Crippen LogP contribution in [0.1, 0.15) is 25.3 Å². The highest BCUT2D eigenvalue weighted by atomic mass is 16.7. The average Bonchev–Trinajstić information content (AvgIpc) is 3.08. The summed E-state index contributed by atoms with van der Waals surface area (Å²) in [6, 6.07) is 4.85. The van der Waals surface area contributed by atoms with E-state index in [1.54, 1.807) is 18.2 Å². The minimum Gasteiger partial charge on any atom is -0.454 e. The number of Topliss-reactive ketones (excluding diaryl/α,β-unsaturated/α-hetero) is 4. The Kier molecular flexibility index (Phi) is 7.42. The molecule has 2 rings (SSSR count). The number of hydrogen-bond donors (Lipinski definition) is 0. The zero-order chi connectivity index (χ0) is 20.8. The number of carbonyl (C=O) groups is 4. The van der Waals surface area contributed by atoms with Crippen molar-refractivity contribution in [1.82, 2.24) is 0 Å². The summed E-state index contributed by atoms with van der Waals surface area (Å²) >= 11 is 0. The van der Waals surface area contributed by atoms with E-state index in [-0.39, 0.29) is 20.0 Å². The predicted octanol–water partition coefficient (Wildman–Crippen LogP) is 1.34. The average molecular weight is 392 g/mol. The molecule has 0 aromatic heterocycles. The standard InChI is InChI=1S/C20H24O8/c1-11(21)18(14(23)8-25-3)20(19(12(2)22)15(24)9-26-4)13-5-6-16-17(7-13)28-10-27-16/h5-7,18-20H,8-10H2,1-4H3/t18-,19-/m1/s1. The second-order valence-electron chi connectivity index (χ2n) is 6.61. The van der Waals surface area contributed by atoms with Crippen LogP contribution in [-0.2, 0) is 28.7 Å². The normalized spacial score (nSPS) is 14.6. The van der Waals surface area contributed by atoms with Crippen molar-refractivity contribution >= 4 is 23.1 Å². The third kappa shape index (κ3) is 4.63. The SMILES string of the molecule is COCC(=O)[C@@H](C(C)=O)C(c1ccc2c(c1)OCO2)[C@H](C(C)=O)C(=O)COC. The van der Waals surface area contributed by atoms with Crippen LogP contribution in [0.15, 0.2) is 18.2 Å². The van der Waals surface area contributed by atoms with E-state index in [2.05, 4.69) is 0 Å². The molecule has 28 heavy (non-hydrogen) atoms. The Balaban J connectivity index is 2.61. The van der Waals surface area contributed by atoms with Crippen LogP contribution < -0.4 is 9.47 Å². The molecule has 1 heterocycles. The largest absolute Gasteiger partial charge is 0.454 e. The van der Waals surface area contributed by atoms with Gasteiger partial charge in [0.25, 0.3) is 0 Å². The van der Waals surface area contributed by atoms with Gasteiger partial charge >= 0.3 is 0 Å². The summed E-state index contributed by atoms with van der Waals surface area (Å²) in [6.07, 6.45) is 0. The van der Waals surface area contributed by atoms with Gasteiger partial charge < -0.3 is 18.9 Å². The zero-order valence-electron chi connectivity index (χ0n) is 16.4. The summed E-state index contributed by atoms with van der Waals surface area (Å²) in [4.78, 5) is 50.2. The first-order chi connectivity index (χ1) is 13.3. The van der Waals surface area contributed by atoms with E-state index in [1.807, 2.05) is 0 Å². The monoisotopic (exact) mass is 392 g/mol. The smallest absolute Gasteiger partial charge is 0.231 e. The van der Waals surface area contributed by atoms with Crippen LogP contribution in [-0.4, -0.2) is 57.4 Å². The minimum atomic E-state index is -1.23. The van der Waals surface area contributed by atoms with Crippen LogP contribution in [0.5, 0.6) is 11.5 Å². The fourth-order valence-electron chi connectivity index (χ4n) is 3.52. The molecular weight excluding hydrogens is 368 g/mol. The van der Waals surface area contributed by atoms with Gasteiger partial charge in [-0.15, -0.1) is 0 Å². The lowest BCUT2D eigenvalue weighted by Gasteiger charge is -2.30. The van der Waals surface area contributed by atoms with Crippen LogP contribution in [0.25, 0.3) is 0 Å². The van der Waals surface area contributed by atoms with Gasteiger partial charge in [0.05, 0.1) is 11.8 Å². The van der Waals surface area contributed by atoms with Crippen LogP contribution in [0.3, 0.4) is 0 Å². The molecule has 0 fully saturated rings. The summed E-state index contributed by atoms with van der Waals surface area (Å²) < 4.78 is 20.5. The highest BCUT2D eigenvalue weighted by molar-refractivity contribution is 6.08. The number of ether oxygens (including phenoxy) is 4. The van der Waals surface area contributed by atoms with E-state index in [4.69, 9.17) is 18.9 Å². The second kappa shape index (κ2) is 9.57. The van der Waals surface area contributed by atoms with Crippen molar-refractivity contribution < 1.29 is 38.1 Å². The van der Waals surface area contributed by atoms with Gasteiger partial charge in [0.2, 0.25) is 6.79 Å². The molecule has 0 bridgehead atoms. The molecule has 1 aromatic carbocycles. The van der Waals surface area contributed by atoms with Crippen molar-refractivity contribution in [3.05, 3.63) is 23.8 Å². The molecule has 0 saturated carbocycles. The van der Waals surface area contributed by atoms with Crippen LogP contribution in [0, 0.1) is 11.8 Å². The molecule has 0 amide bonds. The number of methoxy groups -OCH3 is 2. The molecule has 0 N–H and O–H groups in total. The van der Waals surface area contributed by atoms with Gasteiger partial charge in [0.1, 0.15) is 24.8 Å². The fraction of sp³-hybridized carbons (Fsp3) is 0.500. The van der Waals surface area contributed by atoms with E-state index < -0.39 is 40.9 Å². The number of ketones is 4. The molecule has 1 aliphatic heterocycles. The molecule has 0 radical (unpaired) electrons. The van der Waals surface area contributed by atoms with Gasteiger partial charge in [-0.2, -0.15) is 0 Å². The van der Waals surface area contributed by atoms with Crippen molar-refractivity contribution in [2.24, 2.45) is 11.8 Å². The Morgan fingerprint density at radius 2 is 1.39 bits per heavy atom. The summed E-state index contributed by atoms with van der Waals surface area (Å²) in [7, 11) is 2.67. The third-order valence-corrected chi connectivity index (χ3v) is 4.64. The van der Waals surface area contributed by atoms with Crippen LogP contribution >= 0.6 is 0 Å². The zero-order valence-corrected chi connectivity index (χ0v) is 16.4. The van der Waals surface area contributed by atoms with E-state index in [9.17, 15) is 19.2 Å². The van der Waals surface area contributed by atoms with Gasteiger partial charge in [-0.1, -0.05) is 6.07 Å². The molecule has 0 saturated heterocycles. The van der Waals surface area contributed by atoms with Gasteiger partial charge in [0.15, 0.2) is 23.1 Å². The molecule has 8 nitrogen and oxygen atoms in total. The summed E-state index contributed by atoms with van der Waals surface area (Å²) in [6.45, 7) is 1.94. The minimum absolute atomic E-state index is 0.0426. The van der Waals surface area contributed by atoms with Gasteiger partial charge in [0, 0.05) is 20.1 Å². The summed E-state index contributed by atoms with van der Waals surface area (Å²) in [5, 5.41) is 0. The molecule has 0 unspecified atom stereocenters. The van der Waals surface area contributed by atoms with Crippen molar-refractivity contribution in [3.63, 3.8) is 0 Å². The molecule has 8 heteroatoms. The van der Waals surface area contributed by atoms with Crippen LogP contribution in [0.4, 0.5) is 0 Å². The Hall–Kier alpha value is -2.58. The first kappa shape index (κ1) is 21.7. The number of carbonyl (C=O) groups excluding carboxylic acids is 4. The quantitative estimate of drug-likeness (QED) is 0.520.